The smallest absolute Gasteiger partial charge is 0.279 e. The predicted octanol–water partition coefficient (Wildman–Crippen LogP) is 2.81. The summed E-state index contributed by atoms with van der Waals surface area (Å²) in [4.78, 5) is 20.4. The van der Waals surface area contributed by atoms with E-state index in [1.54, 1.807) is 0 Å². The molecular formula is C13H19N3O4. The van der Waals surface area contributed by atoms with E-state index in [2.05, 4.69) is 13.8 Å². The van der Waals surface area contributed by atoms with Gasteiger partial charge in [-0.15, -0.1) is 0 Å². The lowest BCUT2D eigenvalue weighted by Crippen LogP contribution is -2.22. The van der Waals surface area contributed by atoms with Crippen molar-refractivity contribution in [1.29, 1.82) is 0 Å². The fourth-order valence-electron chi connectivity index (χ4n) is 2.11. The van der Waals surface area contributed by atoms with Crippen LogP contribution < -0.4 is 5.73 Å². The molecule has 0 aliphatic heterocycles. The summed E-state index contributed by atoms with van der Waals surface area (Å²) in [6.07, 6.45) is 1.92. The van der Waals surface area contributed by atoms with Gasteiger partial charge in [-0.1, -0.05) is 13.8 Å². The third-order valence-corrected chi connectivity index (χ3v) is 3.04. The van der Waals surface area contributed by atoms with Crippen LogP contribution in [0, 0.1) is 26.1 Å². The molecule has 1 aromatic rings. The number of benzene rings is 1. The third kappa shape index (κ3) is 4.58. The van der Waals surface area contributed by atoms with Crippen molar-refractivity contribution in [2.75, 3.05) is 0 Å². The Hall–Kier alpha value is -2.02. The lowest BCUT2D eigenvalue weighted by atomic mass is 9.97. The van der Waals surface area contributed by atoms with Gasteiger partial charge in [-0.3, -0.25) is 20.2 Å². The van der Waals surface area contributed by atoms with Crippen LogP contribution in [-0.4, -0.2) is 15.9 Å². The normalized spacial score (nSPS) is 12.4. The molecule has 0 fully saturated rings. The van der Waals surface area contributed by atoms with Crippen LogP contribution in [0.4, 0.5) is 11.4 Å². The van der Waals surface area contributed by atoms with Crippen LogP contribution in [0.5, 0.6) is 0 Å². The molecule has 0 heterocycles. The molecule has 1 aromatic carbocycles. The number of aryl methyl sites for hydroxylation is 1. The van der Waals surface area contributed by atoms with Crippen LogP contribution in [0.25, 0.3) is 0 Å². The molecule has 2 N–H and O–H groups in total. The number of nitrogens with zero attached hydrogens (tertiary/aromatic N) is 2. The minimum absolute atomic E-state index is 0.0233. The molecular weight excluding hydrogens is 262 g/mol. The fraction of sp³-hybridized carbons (Fsp3) is 0.538. The van der Waals surface area contributed by atoms with Gasteiger partial charge in [0.15, 0.2) is 0 Å². The van der Waals surface area contributed by atoms with Gasteiger partial charge in [0, 0.05) is 17.7 Å². The molecule has 7 nitrogen and oxygen atoms in total. The highest BCUT2D eigenvalue weighted by Gasteiger charge is 2.19. The molecule has 0 aromatic heterocycles. The van der Waals surface area contributed by atoms with Crippen LogP contribution in [0.1, 0.15) is 32.3 Å². The van der Waals surface area contributed by atoms with Gasteiger partial charge in [-0.25, -0.2) is 0 Å². The van der Waals surface area contributed by atoms with E-state index in [9.17, 15) is 20.2 Å². The molecule has 0 bridgehead atoms. The summed E-state index contributed by atoms with van der Waals surface area (Å²) < 4.78 is 0. The maximum absolute atomic E-state index is 11.0. The van der Waals surface area contributed by atoms with Gasteiger partial charge in [0.25, 0.3) is 11.4 Å². The summed E-state index contributed by atoms with van der Waals surface area (Å²) in [7, 11) is 0. The van der Waals surface area contributed by atoms with Crippen molar-refractivity contribution in [3.63, 3.8) is 0 Å². The first-order valence-electron chi connectivity index (χ1n) is 6.48. The Morgan fingerprint density at radius 2 is 1.85 bits per heavy atom. The summed E-state index contributed by atoms with van der Waals surface area (Å²) in [6.45, 7) is 4.13. The Morgan fingerprint density at radius 1 is 1.20 bits per heavy atom. The number of hydrogen-bond acceptors (Lipinski definition) is 5. The van der Waals surface area contributed by atoms with Crippen molar-refractivity contribution in [1.82, 2.24) is 0 Å². The Balaban J connectivity index is 2.84. The van der Waals surface area contributed by atoms with E-state index in [1.807, 2.05) is 0 Å². The Labute approximate surface area is 117 Å². The van der Waals surface area contributed by atoms with Crippen molar-refractivity contribution in [3.8, 4) is 0 Å². The van der Waals surface area contributed by atoms with Crippen molar-refractivity contribution in [3.05, 3.63) is 44.0 Å². The van der Waals surface area contributed by atoms with E-state index in [4.69, 9.17) is 5.73 Å². The third-order valence-electron chi connectivity index (χ3n) is 3.04. The highest BCUT2D eigenvalue weighted by Crippen LogP contribution is 2.26. The SMILES string of the molecule is CC(C)CC(N)CCc1ccc([N+](=O)[O-])cc1[N+](=O)[O-]. The standard InChI is InChI=1S/C13H19N3O4/c1-9(2)7-11(14)5-3-10-4-6-12(15(17)18)8-13(10)16(19)20/h4,6,8-9,11H,3,5,7,14H2,1-2H3. The monoisotopic (exact) mass is 281 g/mol. The number of nitro benzene ring substituents is 2. The van der Waals surface area contributed by atoms with Gasteiger partial charge in [-0.2, -0.15) is 0 Å². The van der Waals surface area contributed by atoms with E-state index in [0.717, 1.165) is 12.5 Å². The van der Waals surface area contributed by atoms with Gasteiger partial charge in [0.1, 0.15) is 0 Å². The highest BCUT2D eigenvalue weighted by molar-refractivity contribution is 5.49. The summed E-state index contributed by atoms with van der Waals surface area (Å²) in [5, 5.41) is 21.6. The highest BCUT2D eigenvalue weighted by atomic mass is 16.6. The molecule has 0 aliphatic carbocycles. The fourth-order valence-corrected chi connectivity index (χ4v) is 2.11. The van der Waals surface area contributed by atoms with Gasteiger partial charge >= 0.3 is 0 Å². The second-order valence-corrected chi connectivity index (χ2v) is 5.26. The topological polar surface area (TPSA) is 112 Å². The number of rotatable bonds is 7. The van der Waals surface area contributed by atoms with Gasteiger partial charge in [-0.05, 0) is 31.2 Å². The summed E-state index contributed by atoms with van der Waals surface area (Å²) in [5.74, 6) is 0.469. The maximum Gasteiger partial charge on any atom is 0.279 e. The van der Waals surface area contributed by atoms with Crippen LogP contribution in [-0.2, 0) is 6.42 Å². The quantitative estimate of drug-likeness (QED) is 0.610. The summed E-state index contributed by atoms with van der Waals surface area (Å²) in [6, 6.07) is 3.71. The van der Waals surface area contributed by atoms with Crippen molar-refractivity contribution in [2.45, 2.75) is 39.2 Å². The van der Waals surface area contributed by atoms with E-state index >= 15 is 0 Å². The number of nitrogens with two attached hydrogens (primary N) is 1. The molecule has 0 spiro atoms. The minimum Gasteiger partial charge on any atom is -0.328 e. The zero-order chi connectivity index (χ0) is 15.3. The van der Waals surface area contributed by atoms with Gasteiger partial charge in [0.05, 0.1) is 15.9 Å². The van der Waals surface area contributed by atoms with E-state index in [1.165, 1.54) is 12.1 Å². The lowest BCUT2D eigenvalue weighted by Gasteiger charge is -2.13. The van der Waals surface area contributed by atoms with Crippen molar-refractivity contribution in [2.24, 2.45) is 11.7 Å². The first kappa shape index (κ1) is 16.0. The molecule has 0 radical (unpaired) electrons. The number of nitro groups is 2. The van der Waals surface area contributed by atoms with E-state index < -0.39 is 9.85 Å². The van der Waals surface area contributed by atoms with Crippen molar-refractivity contribution < 1.29 is 9.85 Å². The molecule has 1 unspecified atom stereocenters. The molecule has 0 saturated carbocycles. The first-order valence-corrected chi connectivity index (χ1v) is 6.48. The average Bonchev–Trinajstić information content (AvgIpc) is 2.35. The van der Waals surface area contributed by atoms with E-state index in [-0.39, 0.29) is 17.4 Å². The van der Waals surface area contributed by atoms with Crippen LogP contribution in [0.2, 0.25) is 0 Å². The van der Waals surface area contributed by atoms with Crippen molar-refractivity contribution >= 4 is 11.4 Å². The minimum atomic E-state index is -0.638. The molecule has 20 heavy (non-hydrogen) atoms. The average molecular weight is 281 g/mol. The summed E-state index contributed by atoms with van der Waals surface area (Å²) >= 11 is 0. The largest absolute Gasteiger partial charge is 0.328 e. The molecule has 110 valence electrons. The predicted molar refractivity (Wildman–Crippen MR) is 75.5 cm³/mol. The molecule has 0 amide bonds. The lowest BCUT2D eigenvalue weighted by molar-refractivity contribution is -0.394. The van der Waals surface area contributed by atoms with Gasteiger partial charge < -0.3 is 5.73 Å². The first-order chi connectivity index (χ1) is 9.31. The van der Waals surface area contributed by atoms with E-state index in [0.29, 0.717) is 24.3 Å². The Kier molecular flexibility index (Phi) is 5.57. The number of non-ortho nitro benzene ring substituents is 1. The van der Waals surface area contributed by atoms with Crippen LogP contribution in [0.3, 0.4) is 0 Å². The molecule has 1 atom stereocenters. The molecule has 0 aliphatic rings. The second kappa shape index (κ2) is 6.95. The Bertz CT molecular complexity index is 502. The Morgan fingerprint density at radius 3 is 2.35 bits per heavy atom. The summed E-state index contributed by atoms with van der Waals surface area (Å²) in [5.41, 5.74) is 5.95. The second-order valence-electron chi connectivity index (χ2n) is 5.26. The maximum atomic E-state index is 11.0. The number of hydrogen-bond donors (Lipinski definition) is 1. The molecule has 0 saturated heterocycles. The zero-order valence-corrected chi connectivity index (χ0v) is 11.6. The van der Waals surface area contributed by atoms with Crippen LogP contribution >= 0.6 is 0 Å². The molecule has 1 rings (SSSR count). The molecule has 7 heteroatoms. The zero-order valence-electron chi connectivity index (χ0n) is 11.6. The van der Waals surface area contributed by atoms with Gasteiger partial charge in [0.2, 0.25) is 0 Å². The van der Waals surface area contributed by atoms with Crippen LogP contribution in [0.15, 0.2) is 18.2 Å².